The monoisotopic (exact) mass is 354 g/mol. The van der Waals surface area contributed by atoms with E-state index in [2.05, 4.69) is 18.3 Å². The fraction of sp³-hybridized carbons (Fsp3) is 0.300. The van der Waals surface area contributed by atoms with E-state index in [1.165, 1.54) is 9.60 Å². The van der Waals surface area contributed by atoms with Crippen LogP contribution in [0, 0.1) is 6.92 Å². The Bertz CT molecular complexity index is 826. The lowest BCUT2D eigenvalue weighted by Gasteiger charge is -2.17. The van der Waals surface area contributed by atoms with E-state index >= 15 is 0 Å². The first-order valence-electron chi connectivity index (χ1n) is 8.69. The summed E-state index contributed by atoms with van der Waals surface area (Å²) in [5.41, 5.74) is 3.02. The topological polar surface area (TPSA) is 46.4 Å². The van der Waals surface area contributed by atoms with Crippen LogP contribution in [0.15, 0.2) is 48.5 Å². The quantitative estimate of drug-likeness (QED) is 0.685. The van der Waals surface area contributed by atoms with Crippen molar-refractivity contribution in [2.75, 3.05) is 18.4 Å². The Hall–Kier alpha value is -2.24. The third kappa shape index (κ3) is 4.65. The molecule has 2 N–H and O–H groups in total. The van der Waals surface area contributed by atoms with Crippen molar-refractivity contribution in [2.45, 2.75) is 26.8 Å². The van der Waals surface area contributed by atoms with E-state index in [4.69, 9.17) is 4.98 Å². The molecule has 0 saturated carbocycles. The second-order valence-electron chi connectivity index (χ2n) is 6.29. The lowest BCUT2D eigenvalue weighted by molar-refractivity contribution is -0.905. The van der Waals surface area contributed by atoms with Crippen LogP contribution in [0.2, 0.25) is 0 Å². The maximum Gasteiger partial charge on any atom is 0.279 e. The van der Waals surface area contributed by atoms with Crippen molar-refractivity contribution >= 4 is 33.1 Å². The molecule has 25 heavy (non-hydrogen) atoms. The third-order valence-corrected chi connectivity index (χ3v) is 5.21. The van der Waals surface area contributed by atoms with Gasteiger partial charge >= 0.3 is 0 Å². The SMILES string of the molecule is CCC[NH+](CC(=O)Nc1ccccc1C)Cc1nc2ccccc2s1. The number of amides is 1. The number of quaternary nitrogens is 1. The summed E-state index contributed by atoms with van der Waals surface area (Å²) >= 11 is 1.72. The highest BCUT2D eigenvalue weighted by atomic mass is 32.1. The molecule has 130 valence electrons. The molecule has 0 bridgehead atoms. The number of para-hydroxylation sites is 2. The van der Waals surface area contributed by atoms with Gasteiger partial charge in [-0.2, -0.15) is 0 Å². The molecule has 0 radical (unpaired) electrons. The van der Waals surface area contributed by atoms with E-state index in [1.54, 1.807) is 11.3 Å². The van der Waals surface area contributed by atoms with Crippen LogP contribution in [-0.4, -0.2) is 24.0 Å². The highest BCUT2D eigenvalue weighted by molar-refractivity contribution is 7.18. The predicted molar refractivity (Wildman–Crippen MR) is 104 cm³/mol. The van der Waals surface area contributed by atoms with Crippen molar-refractivity contribution < 1.29 is 9.69 Å². The van der Waals surface area contributed by atoms with Crippen molar-refractivity contribution in [2.24, 2.45) is 0 Å². The first-order chi connectivity index (χ1) is 12.2. The summed E-state index contributed by atoms with van der Waals surface area (Å²) in [4.78, 5) is 18.4. The van der Waals surface area contributed by atoms with Gasteiger partial charge in [0.15, 0.2) is 6.54 Å². The van der Waals surface area contributed by atoms with Crippen LogP contribution in [-0.2, 0) is 11.3 Å². The molecule has 0 fully saturated rings. The first kappa shape index (κ1) is 17.6. The average molecular weight is 354 g/mol. The Morgan fingerprint density at radius 2 is 1.92 bits per heavy atom. The molecule has 1 atom stereocenters. The number of hydrogen-bond donors (Lipinski definition) is 2. The minimum Gasteiger partial charge on any atom is -0.321 e. The zero-order valence-electron chi connectivity index (χ0n) is 14.7. The van der Waals surface area contributed by atoms with Crippen LogP contribution < -0.4 is 10.2 Å². The van der Waals surface area contributed by atoms with Crippen molar-refractivity contribution in [3.05, 3.63) is 59.1 Å². The highest BCUT2D eigenvalue weighted by Gasteiger charge is 2.17. The molecule has 4 nitrogen and oxygen atoms in total. The van der Waals surface area contributed by atoms with E-state index in [0.29, 0.717) is 6.54 Å². The number of fused-ring (bicyclic) bond motifs is 1. The highest BCUT2D eigenvalue weighted by Crippen LogP contribution is 2.20. The number of carbonyl (C=O) groups excluding carboxylic acids is 1. The van der Waals surface area contributed by atoms with Crippen LogP contribution in [0.5, 0.6) is 0 Å². The van der Waals surface area contributed by atoms with Gasteiger partial charge in [-0.15, -0.1) is 11.3 Å². The third-order valence-electron chi connectivity index (χ3n) is 4.17. The minimum absolute atomic E-state index is 0.0545. The smallest absolute Gasteiger partial charge is 0.279 e. The van der Waals surface area contributed by atoms with Gasteiger partial charge in [-0.25, -0.2) is 4.98 Å². The molecule has 3 rings (SSSR count). The molecule has 2 aromatic carbocycles. The molecule has 1 unspecified atom stereocenters. The predicted octanol–water partition coefficient (Wildman–Crippen LogP) is 3.04. The van der Waals surface area contributed by atoms with E-state index in [0.717, 1.165) is 41.3 Å². The van der Waals surface area contributed by atoms with Crippen LogP contribution in [0.25, 0.3) is 10.2 Å². The summed E-state index contributed by atoms with van der Waals surface area (Å²) in [6.45, 7) is 6.36. The number of rotatable bonds is 7. The Kier molecular flexibility index (Phi) is 5.79. The lowest BCUT2D eigenvalue weighted by atomic mass is 10.2. The van der Waals surface area contributed by atoms with Gasteiger partial charge in [-0.05, 0) is 37.1 Å². The Morgan fingerprint density at radius 3 is 2.68 bits per heavy atom. The van der Waals surface area contributed by atoms with Gasteiger partial charge in [0.1, 0.15) is 11.6 Å². The maximum absolute atomic E-state index is 12.5. The summed E-state index contributed by atoms with van der Waals surface area (Å²) in [5.74, 6) is 0.0545. The van der Waals surface area contributed by atoms with Gasteiger partial charge in [-0.1, -0.05) is 37.3 Å². The number of aromatic nitrogens is 1. The molecular weight excluding hydrogens is 330 g/mol. The number of aryl methyl sites for hydroxylation is 1. The lowest BCUT2D eigenvalue weighted by Crippen LogP contribution is -3.11. The average Bonchev–Trinajstić information content (AvgIpc) is 2.99. The van der Waals surface area contributed by atoms with Gasteiger partial charge < -0.3 is 10.2 Å². The first-order valence-corrected chi connectivity index (χ1v) is 9.51. The molecule has 0 aliphatic heterocycles. The van der Waals surface area contributed by atoms with Crippen LogP contribution in [0.4, 0.5) is 5.69 Å². The summed E-state index contributed by atoms with van der Waals surface area (Å²) in [5, 5.41) is 4.13. The summed E-state index contributed by atoms with van der Waals surface area (Å²) in [7, 11) is 0. The Morgan fingerprint density at radius 1 is 1.16 bits per heavy atom. The largest absolute Gasteiger partial charge is 0.321 e. The Labute approximate surface area is 152 Å². The molecular formula is C20H24N3OS+. The zero-order chi connectivity index (χ0) is 17.6. The number of carbonyl (C=O) groups is 1. The Balaban J connectivity index is 1.66. The molecule has 0 saturated heterocycles. The van der Waals surface area contributed by atoms with Crippen LogP contribution in [0.1, 0.15) is 23.9 Å². The van der Waals surface area contributed by atoms with Crippen molar-refractivity contribution in [1.29, 1.82) is 0 Å². The van der Waals surface area contributed by atoms with Gasteiger partial charge in [-0.3, -0.25) is 4.79 Å². The fourth-order valence-electron chi connectivity index (χ4n) is 2.94. The molecule has 1 amide bonds. The molecule has 3 aromatic rings. The number of thiazole rings is 1. The summed E-state index contributed by atoms with van der Waals surface area (Å²) in [6.07, 6.45) is 1.04. The zero-order valence-corrected chi connectivity index (χ0v) is 15.5. The fourth-order valence-corrected chi connectivity index (χ4v) is 3.98. The summed E-state index contributed by atoms with van der Waals surface area (Å²) < 4.78 is 1.21. The number of hydrogen-bond acceptors (Lipinski definition) is 3. The van der Waals surface area contributed by atoms with Crippen LogP contribution >= 0.6 is 11.3 Å². The van der Waals surface area contributed by atoms with E-state index in [9.17, 15) is 4.79 Å². The van der Waals surface area contributed by atoms with Gasteiger partial charge in [0.2, 0.25) is 0 Å². The molecule has 1 heterocycles. The van der Waals surface area contributed by atoms with E-state index in [-0.39, 0.29) is 5.91 Å². The second-order valence-corrected chi connectivity index (χ2v) is 7.41. The van der Waals surface area contributed by atoms with E-state index < -0.39 is 0 Å². The van der Waals surface area contributed by atoms with Crippen molar-refractivity contribution in [3.8, 4) is 0 Å². The number of benzene rings is 2. The van der Waals surface area contributed by atoms with Crippen LogP contribution in [0.3, 0.4) is 0 Å². The maximum atomic E-state index is 12.5. The summed E-state index contributed by atoms with van der Waals surface area (Å²) in [6, 6.07) is 16.1. The van der Waals surface area contributed by atoms with Gasteiger partial charge in [0.05, 0.1) is 16.8 Å². The molecule has 5 heteroatoms. The molecule has 0 aliphatic carbocycles. The van der Waals surface area contributed by atoms with E-state index in [1.807, 2.05) is 49.4 Å². The minimum atomic E-state index is 0.0545. The standard InChI is InChI=1S/C20H23N3OS/c1-3-12-23(13-19(24)21-16-9-5-4-8-15(16)2)14-20-22-17-10-6-7-11-18(17)25-20/h4-11H,3,12-14H2,1-2H3,(H,21,24)/p+1. The van der Waals surface area contributed by atoms with Crippen molar-refractivity contribution in [1.82, 2.24) is 4.98 Å². The number of nitrogens with zero attached hydrogens (tertiary/aromatic N) is 1. The van der Waals surface area contributed by atoms with Gasteiger partial charge in [0.25, 0.3) is 5.91 Å². The number of anilines is 1. The molecule has 1 aromatic heterocycles. The molecule has 0 aliphatic rings. The van der Waals surface area contributed by atoms with Crippen molar-refractivity contribution in [3.63, 3.8) is 0 Å². The van der Waals surface area contributed by atoms with Gasteiger partial charge in [0, 0.05) is 5.69 Å². The number of nitrogens with one attached hydrogen (secondary N) is 2. The normalized spacial score (nSPS) is 12.2. The second kappa shape index (κ2) is 8.23. The molecule has 0 spiro atoms.